The summed E-state index contributed by atoms with van der Waals surface area (Å²) in [7, 11) is 1.37. The van der Waals surface area contributed by atoms with Crippen molar-refractivity contribution in [2.24, 2.45) is 0 Å². The Hall–Kier alpha value is -1.10. The van der Waals surface area contributed by atoms with Crippen LogP contribution in [0, 0.1) is 5.82 Å². The smallest absolute Gasteiger partial charge is 0.291 e. The van der Waals surface area contributed by atoms with Crippen molar-refractivity contribution in [2.45, 2.75) is 18.6 Å². The van der Waals surface area contributed by atoms with Crippen LogP contribution in [0.1, 0.15) is 17.2 Å². The Kier molecular flexibility index (Phi) is 2.66. The first-order chi connectivity index (χ1) is 7.41. The fraction of sp³-hybridized carbons (Fsp3) is 0.455. The Morgan fingerprint density at radius 2 is 2.00 bits per heavy atom. The summed E-state index contributed by atoms with van der Waals surface area (Å²) < 4.78 is 52.0. The number of hydrogen-bond donors (Lipinski definition) is 0. The van der Waals surface area contributed by atoms with Crippen molar-refractivity contribution >= 4 is 0 Å². The van der Waals surface area contributed by atoms with Crippen LogP contribution in [-0.4, -0.2) is 24.7 Å². The summed E-state index contributed by atoms with van der Waals surface area (Å²) in [6.45, 7) is 0.292. The molecular weight excluding hydrogens is 222 g/mol. The number of rotatable bonds is 0. The van der Waals surface area contributed by atoms with E-state index in [0.29, 0.717) is 18.5 Å². The first kappa shape index (κ1) is 11.4. The van der Waals surface area contributed by atoms with Crippen LogP contribution in [0.2, 0.25) is 0 Å². The summed E-state index contributed by atoms with van der Waals surface area (Å²) in [6, 6.07) is 2.27. The lowest BCUT2D eigenvalue weighted by molar-refractivity contribution is -0.185. The maximum Gasteiger partial charge on any atom is 0.408 e. The van der Waals surface area contributed by atoms with Gasteiger partial charge in [-0.05, 0) is 25.1 Å². The highest BCUT2D eigenvalue weighted by Gasteiger charge is 2.47. The van der Waals surface area contributed by atoms with E-state index in [-0.39, 0.29) is 5.56 Å². The van der Waals surface area contributed by atoms with Gasteiger partial charge in [-0.3, -0.25) is 4.90 Å². The minimum atomic E-state index is -4.44. The number of hydrogen-bond acceptors (Lipinski definition) is 1. The maximum absolute atomic E-state index is 13.5. The van der Waals surface area contributed by atoms with Crippen LogP contribution in [-0.2, 0) is 6.42 Å². The van der Waals surface area contributed by atoms with Gasteiger partial charge in [0.25, 0.3) is 0 Å². The first-order valence-electron chi connectivity index (χ1n) is 4.95. The highest BCUT2D eigenvalue weighted by atomic mass is 19.4. The second-order valence-corrected chi connectivity index (χ2v) is 3.99. The van der Waals surface area contributed by atoms with Gasteiger partial charge in [-0.1, -0.05) is 12.1 Å². The van der Waals surface area contributed by atoms with Crippen LogP contribution in [0.3, 0.4) is 0 Å². The average Bonchev–Trinajstić information content (AvgIpc) is 2.17. The van der Waals surface area contributed by atoms with Crippen molar-refractivity contribution in [1.29, 1.82) is 0 Å². The molecule has 0 radical (unpaired) electrons. The highest BCUT2D eigenvalue weighted by Crippen LogP contribution is 2.41. The molecule has 1 aromatic carbocycles. The maximum atomic E-state index is 13.5. The summed E-state index contributed by atoms with van der Waals surface area (Å²) in [6.07, 6.45) is -3.98. The molecule has 0 saturated heterocycles. The molecule has 2 rings (SSSR count). The van der Waals surface area contributed by atoms with Gasteiger partial charge in [-0.15, -0.1) is 0 Å². The zero-order chi connectivity index (χ0) is 11.9. The third kappa shape index (κ3) is 1.80. The Bertz CT molecular complexity index is 399. The molecule has 0 aliphatic carbocycles. The van der Waals surface area contributed by atoms with E-state index < -0.39 is 18.0 Å². The number of likely N-dealkylation sites (N-methyl/N-ethyl adjacent to an activating group) is 1. The number of fused-ring (bicyclic) bond motifs is 1. The quantitative estimate of drug-likeness (QED) is 0.623. The Morgan fingerprint density at radius 1 is 1.31 bits per heavy atom. The summed E-state index contributed by atoms with van der Waals surface area (Å²) >= 11 is 0. The van der Waals surface area contributed by atoms with Gasteiger partial charge in [0.1, 0.15) is 11.9 Å². The lowest BCUT2D eigenvalue weighted by atomic mass is 9.92. The highest BCUT2D eigenvalue weighted by molar-refractivity contribution is 5.34. The fourth-order valence-corrected chi connectivity index (χ4v) is 2.17. The van der Waals surface area contributed by atoms with E-state index in [2.05, 4.69) is 0 Å². The second-order valence-electron chi connectivity index (χ2n) is 3.99. The predicted octanol–water partition coefficient (Wildman–Crippen LogP) is 2.92. The minimum Gasteiger partial charge on any atom is -0.291 e. The SMILES string of the molecule is CN1CCc2cccc(F)c2C1C(F)(F)F. The van der Waals surface area contributed by atoms with E-state index in [1.165, 1.54) is 13.1 Å². The van der Waals surface area contributed by atoms with Crippen LogP contribution in [0.15, 0.2) is 18.2 Å². The van der Waals surface area contributed by atoms with Gasteiger partial charge in [0.15, 0.2) is 0 Å². The van der Waals surface area contributed by atoms with Crippen LogP contribution in [0.5, 0.6) is 0 Å². The van der Waals surface area contributed by atoms with E-state index in [1.54, 1.807) is 6.07 Å². The van der Waals surface area contributed by atoms with Gasteiger partial charge in [0.05, 0.1) is 0 Å². The van der Waals surface area contributed by atoms with Crippen LogP contribution < -0.4 is 0 Å². The molecule has 0 saturated carbocycles. The van der Waals surface area contributed by atoms with E-state index in [1.807, 2.05) is 0 Å². The van der Waals surface area contributed by atoms with E-state index in [4.69, 9.17) is 0 Å². The molecule has 0 N–H and O–H groups in total. The van der Waals surface area contributed by atoms with Crippen molar-refractivity contribution in [2.75, 3.05) is 13.6 Å². The molecule has 1 aliphatic heterocycles. The van der Waals surface area contributed by atoms with Gasteiger partial charge < -0.3 is 0 Å². The number of alkyl halides is 3. The molecule has 1 aliphatic rings. The Morgan fingerprint density at radius 3 is 2.62 bits per heavy atom. The summed E-state index contributed by atoms with van der Waals surface area (Å²) in [5.41, 5.74) is 0.240. The predicted molar refractivity (Wildman–Crippen MR) is 51.5 cm³/mol. The molecule has 0 amide bonds. The number of nitrogens with zero attached hydrogens (tertiary/aromatic N) is 1. The van der Waals surface area contributed by atoms with Crippen molar-refractivity contribution < 1.29 is 17.6 Å². The van der Waals surface area contributed by atoms with Crippen LogP contribution in [0.4, 0.5) is 17.6 Å². The van der Waals surface area contributed by atoms with Gasteiger partial charge in [-0.25, -0.2) is 4.39 Å². The van der Waals surface area contributed by atoms with Gasteiger partial charge in [0.2, 0.25) is 0 Å². The Labute approximate surface area is 90.7 Å². The van der Waals surface area contributed by atoms with Crippen LogP contribution in [0.25, 0.3) is 0 Å². The molecule has 1 atom stereocenters. The zero-order valence-electron chi connectivity index (χ0n) is 8.68. The topological polar surface area (TPSA) is 3.24 Å². The van der Waals surface area contributed by atoms with Crippen LogP contribution >= 0.6 is 0 Å². The molecule has 1 nitrogen and oxygen atoms in total. The lowest BCUT2D eigenvalue weighted by Crippen LogP contribution is -2.41. The van der Waals surface area contributed by atoms with Crippen molar-refractivity contribution in [1.82, 2.24) is 4.90 Å². The van der Waals surface area contributed by atoms with Crippen molar-refractivity contribution in [3.05, 3.63) is 35.1 Å². The zero-order valence-corrected chi connectivity index (χ0v) is 8.68. The normalized spacial score (nSPS) is 21.9. The molecule has 0 fully saturated rings. The van der Waals surface area contributed by atoms with E-state index in [9.17, 15) is 17.6 Å². The molecule has 1 aromatic rings. The summed E-state index contributed by atoms with van der Waals surface area (Å²) in [5, 5.41) is 0. The largest absolute Gasteiger partial charge is 0.408 e. The molecule has 16 heavy (non-hydrogen) atoms. The molecule has 88 valence electrons. The first-order valence-corrected chi connectivity index (χ1v) is 4.95. The molecule has 5 heteroatoms. The lowest BCUT2D eigenvalue weighted by Gasteiger charge is -2.35. The number of benzene rings is 1. The van der Waals surface area contributed by atoms with E-state index in [0.717, 1.165) is 11.0 Å². The second kappa shape index (κ2) is 3.73. The average molecular weight is 233 g/mol. The standard InChI is InChI=1S/C11H11F4N/c1-16-6-5-7-3-2-4-8(12)9(7)10(16)11(13,14)15/h2-4,10H,5-6H2,1H3. The third-order valence-electron chi connectivity index (χ3n) is 2.90. The summed E-state index contributed by atoms with van der Waals surface area (Å²) in [4.78, 5) is 1.14. The molecule has 0 aromatic heterocycles. The Balaban J connectivity index is 2.55. The molecule has 0 bridgehead atoms. The van der Waals surface area contributed by atoms with Gasteiger partial charge in [0, 0.05) is 12.1 Å². The third-order valence-corrected chi connectivity index (χ3v) is 2.90. The fourth-order valence-electron chi connectivity index (χ4n) is 2.17. The van der Waals surface area contributed by atoms with Gasteiger partial charge >= 0.3 is 6.18 Å². The molecule has 0 spiro atoms. The monoisotopic (exact) mass is 233 g/mol. The molecule has 1 unspecified atom stereocenters. The van der Waals surface area contributed by atoms with Crippen molar-refractivity contribution in [3.63, 3.8) is 0 Å². The molecule has 1 heterocycles. The van der Waals surface area contributed by atoms with Gasteiger partial charge in [-0.2, -0.15) is 13.2 Å². The number of halogens is 4. The summed E-state index contributed by atoms with van der Waals surface area (Å²) in [5.74, 6) is -0.772. The molecular formula is C11H11F4N. The minimum absolute atomic E-state index is 0.219. The van der Waals surface area contributed by atoms with E-state index >= 15 is 0 Å². The van der Waals surface area contributed by atoms with Crippen molar-refractivity contribution in [3.8, 4) is 0 Å².